The summed E-state index contributed by atoms with van der Waals surface area (Å²) in [6, 6.07) is 4.65. The molecule has 0 atom stereocenters. The van der Waals surface area contributed by atoms with Gasteiger partial charge in [0.05, 0.1) is 6.54 Å². The molecule has 2 rings (SSSR count). The Morgan fingerprint density at radius 1 is 1.22 bits per heavy atom. The Kier molecular flexibility index (Phi) is 3.65. The number of nitrogens with zero attached hydrogens (tertiary/aromatic N) is 2. The van der Waals surface area contributed by atoms with Crippen molar-refractivity contribution in [2.75, 3.05) is 0 Å². The van der Waals surface area contributed by atoms with Gasteiger partial charge in [0.1, 0.15) is 5.82 Å². The highest BCUT2D eigenvalue weighted by Gasteiger charge is 2.06. The van der Waals surface area contributed by atoms with Crippen molar-refractivity contribution >= 4 is 0 Å². The van der Waals surface area contributed by atoms with Crippen molar-refractivity contribution in [1.82, 2.24) is 9.13 Å². The Bertz CT molecular complexity index is 598. The molecule has 1 aromatic heterocycles. The van der Waals surface area contributed by atoms with Crippen molar-refractivity contribution in [3.05, 3.63) is 58.0 Å². The normalized spacial score (nSPS) is 10.8. The van der Waals surface area contributed by atoms with Crippen LogP contribution in [0.25, 0.3) is 0 Å². The number of rotatable bonds is 4. The van der Waals surface area contributed by atoms with Crippen molar-refractivity contribution in [3.8, 4) is 0 Å². The molecule has 1 aromatic carbocycles. The Labute approximate surface area is 105 Å². The second-order valence-electron chi connectivity index (χ2n) is 4.47. The van der Waals surface area contributed by atoms with Crippen molar-refractivity contribution in [3.63, 3.8) is 0 Å². The summed E-state index contributed by atoms with van der Waals surface area (Å²) in [4.78, 5) is 12.0. The number of hydrogen-bond donors (Lipinski definition) is 0. The minimum Gasteiger partial charge on any atom is -0.299 e. The first-order valence-corrected chi connectivity index (χ1v) is 6.12. The van der Waals surface area contributed by atoms with Gasteiger partial charge in [-0.3, -0.25) is 9.13 Å². The predicted molar refractivity (Wildman–Crippen MR) is 69.2 cm³/mol. The van der Waals surface area contributed by atoms with Gasteiger partial charge in [-0.25, -0.2) is 9.18 Å². The predicted octanol–water partition coefficient (Wildman–Crippen LogP) is 2.56. The van der Waals surface area contributed by atoms with Crippen LogP contribution in [0.1, 0.15) is 24.5 Å². The van der Waals surface area contributed by atoms with Crippen molar-refractivity contribution in [2.45, 2.75) is 33.4 Å². The first-order chi connectivity index (χ1) is 8.61. The van der Waals surface area contributed by atoms with Crippen molar-refractivity contribution in [1.29, 1.82) is 0 Å². The van der Waals surface area contributed by atoms with Gasteiger partial charge in [-0.2, -0.15) is 0 Å². The molecule has 0 fully saturated rings. The fraction of sp³-hybridized carbons (Fsp3) is 0.357. The molecule has 0 radical (unpaired) electrons. The van der Waals surface area contributed by atoms with E-state index in [-0.39, 0.29) is 11.5 Å². The third-order valence-electron chi connectivity index (χ3n) is 3.03. The highest BCUT2D eigenvalue weighted by molar-refractivity contribution is 5.26. The fourth-order valence-corrected chi connectivity index (χ4v) is 1.98. The molecule has 0 aliphatic rings. The zero-order chi connectivity index (χ0) is 13.1. The summed E-state index contributed by atoms with van der Waals surface area (Å²) in [7, 11) is 0. The SMILES string of the molecule is CCCn1ccn(Cc2cc(F)ccc2C)c1=O. The average molecular weight is 248 g/mol. The van der Waals surface area contributed by atoms with E-state index in [2.05, 4.69) is 0 Å². The molecular formula is C14H17FN2O. The second-order valence-corrected chi connectivity index (χ2v) is 4.47. The largest absolute Gasteiger partial charge is 0.328 e. The average Bonchev–Trinajstić information content (AvgIpc) is 2.67. The lowest BCUT2D eigenvalue weighted by molar-refractivity contribution is 0.612. The van der Waals surface area contributed by atoms with Gasteiger partial charge >= 0.3 is 5.69 Å². The maximum Gasteiger partial charge on any atom is 0.328 e. The van der Waals surface area contributed by atoms with Crippen LogP contribution in [0, 0.1) is 12.7 Å². The molecule has 0 saturated heterocycles. The fourth-order valence-electron chi connectivity index (χ4n) is 1.98. The van der Waals surface area contributed by atoms with Crippen LogP contribution in [0.4, 0.5) is 4.39 Å². The molecule has 0 bridgehead atoms. The van der Waals surface area contributed by atoms with Crippen molar-refractivity contribution in [2.24, 2.45) is 0 Å². The molecule has 0 aliphatic carbocycles. The van der Waals surface area contributed by atoms with E-state index in [1.54, 1.807) is 27.6 Å². The zero-order valence-electron chi connectivity index (χ0n) is 10.7. The lowest BCUT2D eigenvalue weighted by Crippen LogP contribution is -2.24. The van der Waals surface area contributed by atoms with E-state index < -0.39 is 0 Å². The third kappa shape index (κ3) is 2.53. The van der Waals surface area contributed by atoms with Crippen LogP contribution < -0.4 is 5.69 Å². The molecule has 4 heteroatoms. The van der Waals surface area contributed by atoms with Crippen LogP contribution in [0.2, 0.25) is 0 Å². The smallest absolute Gasteiger partial charge is 0.299 e. The second kappa shape index (κ2) is 5.21. The van der Waals surface area contributed by atoms with Gasteiger partial charge in [0.2, 0.25) is 0 Å². The molecule has 0 spiro atoms. The standard InChI is InChI=1S/C14H17FN2O/c1-3-6-16-7-8-17(14(16)18)10-12-9-13(15)5-4-11(12)2/h4-5,7-9H,3,6,10H2,1-2H3. The molecule has 0 N–H and O–H groups in total. The number of halogens is 1. The Morgan fingerprint density at radius 2 is 1.94 bits per heavy atom. The van der Waals surface area contributed by atoms with Gasteiger partial charge in [0.25, 0.3) is 0 Å². The van der Waals surface area contributed by atoms with Crippen LogP contribution in [0.15, 0.2) is 35.4 Å². The van der Waals surface area contributed by atoms with Crippen LogP contribution in [-0.2, 0) is 13.1 Å². The molecule has 96 valence electrons. The van der Waals surface area contributed by atoms with Gasteiger partial charge in [-0.05, 0) is 36.6 Å². The summed E-state index contributed by atoms with van der Waals surface area (Å²) >= 11 is 0. The first-order valence-electron chi connectivity index (χ1n) is 6.12. The van der Waals surface area contributed by atoms with E-state index in [0.29, 0.717) is 13.1 Å². The topological polar surface area (TPSA) is 26.9 Å². The van der Waals surface area contributed by atoms with Crippen LogP contribution in [0.3, 0.4) is 0 Å². The van der Waals surface area contributed by atoms with E-state index in [1.807, 2.05) is 13.8 Å². The zero-order valence-corrected chi connectivity index (χ0v) is 10.7. The van der Waals surface area contributed by atoms with Gasteiger partial charge in [0.15, 0.2) is 0 Å². The van der Waals surface area contributed by atoms with E-state index >= 15 is 0 Å². The number of aromatic nitrogens is 2. The van der Waals surface area contributed by atoms with Gasteiger partial charge in [0, 0.05) is 18.9 Å². The van der Waals surface area contributed by atoms with E-state index in [1.165, 1.54) is 12.1 Å². The summed E-state index contributed by atoms with van der Waals surface area (Å²) in [6.45, 7) is 5.08. The molecule has 0 amide bonds. The Morgan fingerprint density at radius 3 is 2.67 bits per heavy atom. The van der Waals surface area contributed by atoms with E-state index in [0.717, 1.165) is 17.5 Å². The van der Waals surface area contributed by atoms with Gasteiger partial charge in [-0.1, -0.05) is 13.0 Å². The molecule has 18 heavy (non-hydrogen) atoms. The number of aryl methyl sites for hydroxylation is 2. The molecule has 0 saturated carbocycles. The minimum atomic E-state index is -0.267. The summed E-state index contributed by atoms with van der Waals surface area (Å²) in [5, 5.41) is 0. The van der Waals surface area contributed by atoms with Crippen LogP contribution in [0.5, 0.6) is 0 Å². The van der Waals surface area contributed by atoms with Crippen molar-refractivity contribution < 1.29 is 4.39 Å². The maximum absolute atomic E-state index is 13.2. The maximum atomic E-state index is 13.2. The highest BCUT2D eigenvalue weighted by atomic mass is 19.1. The molecular weight excluding hydrogens is 231 g/mol. The third-order valence-corrected chi connectivity index (χ3v) is 3.03. The van der Waals surface area contributed by atoms with E-state index in [9.17, 15) is 9.18 Å². The molecule has 0 unspecified atom stereocenters. The number of hydrogen-bond acceptors (Lipinski definition) is 1. The van der Waals surface area contributed by atoms with Gasteiger partial charge < -0.3 is 0 Å². The lowest BCUT2D eigenvalue weighted by Gasteiger charge is -2.06. The molecule has 0 aliphatic heterocycles. The number of imidazole rings is 1. The summed E-state index contributed by atoms with van der Waals surface area (Å²) in [6.07, 6.45) is 4.45. The Hall–Kier alpha value is -1.84. The summed E-state index contributed by atoms with van der Waals surface area (Å²) in [5.41, 5.74) is 1.79. The quantitative estimate of drug-likeness (QED) is 0.817. The van der Waals surface area contributed by atoms with E-state index in [4.69, 9.17) is 0 Å². The monoisotopic (exact) mass is 248 g/mol. The van der Waals surface area contributed by atoms with Crippen LogP contribution in [-0.4, -0.2) is 9.13 Å². The van der Waals surface area contributed by atoms with Gasteiger partial charge in [-0.15, -0.1) is 0 Å². The molecule has 1 heterocycles. The number of benzene rings is 1. The lowest BCUT2D eigenvalue weighted by atomic mass is 10.1. The summed E-state index contributed by atoms with van der Waals surface area (Å²) < 4.78 is 16.5. The Balaban J connectivity index is 2.29. The minimum absolute atomic E-state index is 0.0412. The molecule has 2 aromatic rings. The first kappa shape index (κ1) is 12.6. The van der Waals surface area contributed by atoms with Crippen LogP contribution >= 0.6 is 0 Å². The summed E-state index contributed by atoms with van der Waals surface area (Å²) in [5.74, 6) is -0.267. The molecule has 3 nitrogen and oxygen atoms in total. The highest BCUT2D eigenvalue weighted by Crippen LogP contribution is 2.11.